The summed E-state index contributed by atoms with van der Waals surface area (Å²) in [4.78, 5) is 34.3. The lowest BCUT2D eigenvalue weighted by atomic mass is 10.0. The van der Waals surface area contributed by atoms with Gasteiger partial charge in [-0.1, -0.05) is 6.07 Å². The summed E-state index contributed by atoms with van der Waals surface area (Å²) in [5, 5.41) is 5.25. The average molecular weight is 248 g/mol. The topological polar surface area (TPSA) is 75.3 Å². The molecule has 0 spiro atoms. The highest BCUT2D eigenvalue weighted by atomic mass is 16.2. The van der Waals surface area contributed by atoms with E-state index in [2.05, 4.69) is 10.6 Å². The van der Waals surface area contributed by atoms with Crippen LogP contribution in [-0.4, -0.2) is 31.2 Å². The highest BCUT2D eigenvalue weighted by Crippen LogP contribution is 2.11. The molecule has 0 aromatic heterocycles. The zero-order valence-electron chi connectivity index (χ0n) is 10.4. The lowest BCUT2D eigenvalue weighted by Gasteiger charge is -2.09. The van der Waals surface area contributed by atoms with Crippen LogP contribution in [0.3, 0.4) is 0 Å². The van der Waals surface area contributed by atoms with Gasteiger partial charge in [-0.15, -0.1) is 0 Å². The molecule has 2 amide bonds. The maximum atomic E-state index is 11.8. The molecule has 0 fully saturated rings. The Hall–Kier alpha value is -2.17. The number of aldehydes is 1. The van der Waals surface area contributed by atoms with Crippen molar-refractivity contribution in [2.45, 2.75) is 13.8 Å². The molecular weight excluding hydrogens is 232 g/mol. The zero-order valence-corrected chi connectivity index (χ0v) is 10.4. The Balaban J connectivity index is 3.19. The first kappa shape index (κ1) is 13.9. The molecule has 0 aliphatic heterocycles. The van der Waals surface area contributed by atoms with Crippen molar-refractivity contribution >= 4 is 18.1 Å². The molecule has 0 saturated heterocycles. The molecule has 0 aliphatic rings. The van der Waals surface area contributed by atoms with Crippen molar-refractivity contribution in [3.63, 3.8) is 0 Å². The molecule has 5 nitrogen and oxygen atoms in total. The van der Waals surface area contributed by atoms with E-state index in [-0.39, 0.29) is 22.9 Å². The van der Waals surface area contributed by atoms with E-state index in [0.29, 0.717) is 24.9 Å². The largest absolute Gasteiger partial charge is 0.352 e. The van der Waals surface area contributed by atoms with Crippen LogP contribution < -0.4 is 10.6 Å². The molecule has 0 heterocycles. The molecular formula is C13H16N2O3. The molecule has 18 heavy (non-hydrogen) atoms. The van der Waals surface area contributed by atoms with Crippen molar-refractivity contribution in [2.24, 2.45) is 0 Å². The first-order chi connectivity index (χ1) is 8.63. The van der Waals surface area contributed by atoms with Crippen LogP contribution in [-0.2, 0) is 0 Å². The fourth-order valence-electron chi connectivity index (χ4n) is 1.53. The minimum absolute atomic E-state index is 0.215. The Labute approximate surface area is 106 Å². The van der Waals surface area contributed by atoms with Crippen LogP contribution in [0.15, 0.2) is 18.2 Å². The van der Waals surface area contributed by atoms with Gasteiger partial charge in [-0.05, 0) is 26.0 Å². The molecule has 96 valence electrons. The second kappa shape index (κ2) is 6.54. The van der Waals surface area contributed by atoms with E-state index in [1.165, 1.54) is 18.2 Å². The lowest BCUT2D eigenvalue weighted by Crippen LogP contribution is -2.29. The van der Waals surface area contributed by atoms with Crippen molar-refractivity contribution < 1.29 is 14.4 Å². The molecule has 0 atom stereocenters. The van der Waals surface area contributed by atoms with Gasteiger partial charge in [0.15, 0.2) is 0 Å². The summed E-state index contributed by atoms with van der Waals surface area (Å²) in [6.07, 6.45) is 0.643. The number of carbonyl (C=O) groups is 3. The van der Waals surface area contributed by atoms with Crippen molar-refractivity contribution in [1.82, 2.24) is 10.6 Å². The Kier molecular flexibility index (Phi) is 5.05. The van der Waals surface area contributed by atoms with Crippen LogP contribution in [0.2, 0.25) is 0 Å². The smallest absolute Gasteiger partial charge is 0.252 e. The predicted octanol–water partition coefficient (Wildman–Crippen LogP) is 0.999. The van der Waals surface area contributed by atoms with Gasteiger partial charge in [0, 0.05) is 18.7 Å². The summed E-state index contributed by atoms with van der Waals surface area (Å²) in [7, 11) is 0. The van der Waals surface area contributed by atoms with E-state index in [4.69, 9.17) is 0 Å². The summed E-state index contributed by atoms with van der Waals surface area (Å²) < 4.78 is 0. The summed E-state index contributed by atoms with van der Waals surface area (Å²) in [6.45, 7) is 4.51. The van der Waals surface area contributed by atoms with Gasteiger partial charge in [0.05, 0.1) is 11.1 Å². The minimum atomic E-state index is -0.359. The third-order valence-electron chi connectivity index (χ3n) is 2.34. The third kappa shape index (κ3) is 3.16. The average Bonchev–Trinajstić information content (AvgIpc) is 2.38. The van der Waals surface area contributed by atoms with E-state index in [9.17, 15) is 14.4 Å². The van der Waals surface area contributed by atoms with Gasteiger partial charge in [0.25, 0.3) is 11.8 Å². The molecule has 0 radical (unpaired) electrons. The molecule has 0 aliphatic carbocycles. The zero-order chi connectivity index (χ0) is 13.5. The van der Waals surface area contributed by atoms with Crippen molar-refractivity contribution in [3.05, 3.63) is 34.9 Å². The monoisotopic (exact) mass is 248 g/mol. The Bertz CT molecular complexity index is 469. The molecule has 5 heteroatoms. The predicted molar refractivity (Wildman–Crippen MR) is 67.8 cm³/mol. The highest BCUT2D eigenvalue weighted by molar-refractivity contribution is 6.08. The quantitative estimate of drug-likeness (QED) is 0.763. The van der Waals surface area contributed by atoms with Gasteiger partial charge >= 0.3 is 0 Å². The van der Waals surface area contributed by atoms with E-state index < -0.39 is 0 Å². The van der Waals surface area contributed by atoms with Gasteiger partial charge in [-0.25, -0.2) is 0 Å². The molecule has 0 bridgehead atoms. The number of rotatable bonds is 5. The van der Waals surface area contributed by atoms with Gasteiger partial charge in [0.1, 0.15) is 6.29 Å². The highest BCUT2D eigenvalue weighted by Gasteiger charge is 2.16. The Morgan fingerprint density at radius 1 is 1.06 bits per heavy atom. The molecule has 0 saturated carbocycles. The second-order valence-corrected chi connectivity index (χ2v) is 3.64. The fourth-order valence-corrected chi connectivity index (χ4v) is 1.53. The number of amides is 2. The number of nitrogens with one attached hydrogen (secondary N) is 2. The van der Waals surface area contributed by atoms with Gasteiger partial charge in [-0.2, -0.15) is 0 Å². The molecule has 2 N–H and O–H groups in total. The van der Waals surface area contributed by atoms with Crippen LogP contribution in [0.25, 0.3) is 0 Å². The van der Waals surface area contributed by atoms with Gasteiger partial charge in [0.2, 0.25) is 0 Å². The molecule has 1 aromatic carbocycles. The van der Waals surface area contributed by atoms with E-state index in [1.807, 2.05) is 0 Å². The maximum absolute atomic E-state index is 11.8. The van der Waals surface area contributed by atoms with Crippen LogP contribution in [0.1, 0.15) is 44.9 Å². The summed E-state index contributed by atoms with van der Waals surface area (Å²) in [5.74, 6) is -0.682. The van der Waals surface area contributed by atoms with E-state index >= 15 is 0 Å². The summed E-state index contributed by atoms with van der Waals surface area (Å²) in [5.41, 5.74) is 0.852. The molecule has 0 unspecified atom stereocenters. The van der Waals surface area contributed by atoms with Crippen molar-refractivity contribution in [2.75, 3.05) is 13.1 Å². The first-order valence-corrected chi connectivity index (χ1v) is 5.79. The number of carbonyl (C=O) groups excluding carboxylic acids is 3. The minimum Gasteiger partial charge on any atom is -0.352 e. The molecule has 1 rings (SSSR count). The van der Waals surface area contributed by atoms with Crippen LogP contribution in [0.5, 0.6) is 0 Å². The first-order valence-electron chi connectivity index (χ1n) is 5.79. The number of benzene rings is 1. The number of hydrogen-bond donors (Lipinski definition) is 2. The van der Waals surface area contributed by atoms with Crippen LogP contribution in [0, 0.1) is 0 Å². The Morgan fingerprint density at radius 3 is 2.11 bits per heavy atom. The lowest BCUT2D eigenvalue weighted by molar-refractivity contribution is 0.0921. The summed E-state index contributed by atoms with van der Waals surface area (Å²) in [6, 6.07) is 4.42. The third-order valence-corrected chi connectivity index (χ3v) is 2.34. The maximum Gasteiger partial charge on any atom is 0.252 e. The van der Waals surface area contributed by atoms with Crippen molar-refractivity contribution in [3.8, 4) is 0 Å². The van der Waals surface area contributed by atoms with E-state index in [1.54, 1.807) is 13.8 Å². The number of hydrogen-bond acceptors (Lipinski definition) is 3. The fraction of sp³-hybridized carbons (Fsp3) is 0.308. The molecule has 1 aromatic rings. The van der Waals surface area contributed by atoms with Crippen LogP contribution >= 0.6 is 0 Å². The van der Waals surface area contributed by atoms with Crippen molar-refractivity contribution in [1.29, 1.82) is 0 Å². The van der Waals surface area contributed by atoms with Gasteiger partial charge in [-0.3, -0.25) is 14.4 Å². The van der Waals surface area contributed by atoms with Crippen LogP contribution in [0.4, 0.5) is 0 Å². The SMILES string of the molecule is CCNC(=O)c1ccc(C=O)cc1C(=O)NCC. The Morgan fingerprint density at radius 2 is 1.61 bits per heavy atom. The summed E-state index contributed by atoms with van der Waals surface area (Å²) >= 11 is 0. The van der Waals surface area contributed by atoms with E-state index in [0.717, 1.165) is 0 Å². The normalized spacial score (nSPS) is 9.67. The van der Waals surface area contributed by atoms with Gasteiger partial charge < -0.3 is 10.6 Å². The standard InChI is InChI=1S/C13H16N2O3/c1-3-14-12(17)10-6-5-9(8-16)7-11(10)13(18)15-4-2/h5-8H,3-4H2,1-2H3,(H,14,17)(H,15,18). The second-order valence-electron chi connectivity index (χ2n) is 3.64.